The molecule has 0 bridgehead atoms. The second kappa shape index (κ2) is 6.94. The third-order valence-electron chi connectivity index (χ3n) is 3.72. The predicted octanol–water partition coefficient (Wildman–Crippen LogP) is 2.76. The van der Waals surface area contributed by atoms with Crippen molar-refractivity contribution in [2.45, 2.75) is 26.4 Å². The molecule has 130 valence electrons. The zero-order valence-corrected chi connectivity index (χ0v) is 16.1. The highest BCUT2D eigenvalue weighted by atomic mass is 79.9. The van der Waals surface area contributed by atoms with Gasteiger partial charge in [-0.1, -0.05) is 0 Å². The first kappa shape index (κ1) is 18.5. The molecule has 24 heavy (non-hydrogen) atoms. The summed E-state index contributed by atoms with van der Waals surface area (Å²) in [6.07, 6.45) is 1.64. The number of aromatic nitrogens is 1. The quantitative estimate of drug-likeness (QED) is 0.813. The molecule has 2 aromatic rings. The molecule has 1 amide bonds. The summed E-state index contributed by atoms with van der Waals surface area (Å²) in [5.41, 5.74) is -0.124. The van der Waals surface area contributed by atoms with Gasteiger partial charge in [0.05, 0.1) is 12.1 Å². The van der Waals surface area contributed by atoms with E-state index in [2.05, 4.69) is 26.2 Å². The Kier molecular flexibility index (Phi) is 5.35. The van der Waals surface area contributed by atoms with Gasteiger partial charge in [0.25, 0.3) is 5.91 Å². The lowest BCUT2D eigenvalue weighted by Gasteiger charge is -2.24. The molecule has 0 aromatic carbocycles. The fourth-order valence-electron chi connectivity index (χ4n) is 2.56. The molecular weight excluding hydrogens is 374 g/mol. The minimum atomic E-state index is -1.23. The number of rotatable bonds is 5. The van der Waals surface area contributed by atoms with E-state index in [4.69, 9.17) is 4.42 Å². The molecule has 2 aromatic heterocycles. The summed E-state index contributed by atoms with van der Waals surface area (Å²) in [5.74, 6) is 1.63. The van der Waals surface area contributed by atoms with Gasteiger partial charge in [-0.15, -0.1) is 0 Å². The molecule has 6 nitrogen and oxygen atoms in total. The van der Waals surface area contributed by atoms with Gasteiger partial charge in [-0.3, -0.25) is 4.79 Å². The minimum absolute atomic E-state index is 0.0605. The van der Waals surface area contributed by atoms with Crippen LogP contribution in [0, 0.1) is 13.8 Å². The van der Waals surface area contributed by atoms with Gasteiger partial charge < -0.3 is 19.7 Å². The largest absolute Gasteiger partial charge is 0.466 e. The highest BCUT2D eigenvalue weighted by Gasteiger charge is 2.29. The van der Waals surface area contributed by atoms with Gasteiger partial charge in [0, 0.05) is 30.3 Å². The maximum absolute atomic E-state index is 12.6. The summed E-state index contributed by atoms with van der Waals surface area (Å²) < 4.78 is 6.18. The van der Waals surface area contributed by atoms with Crippen molar-refractivity contribution >= 4 is 27.7 Å². The summed E-state index contributed by atoms with van der Waals surface area (Å²) in [7, 11) is 3.64. The van der Waals surface area contributed by atoms with Gasteiger partial charge in [0.15, 0.2) is 0 Å². The van der Waals surface area contributed by atoms with Gasteiger partial charge in [0.1, 0.15) is 22.9 Å². The Balaban J connectivity index is 2.19. The molecule has 0 saturated carbocycles. The van der Waals surface area contributed by atoms with Crippen molar-refractivity contribution in [3.05, 3.63) is 45.4 Å². The minimum Gasteiger partial charge on any atom is -0.466 e. The number of furan rings is 1. The number of nitrogens with one attached hydrogen (secondary N) is 1. The van der Waals surface area contributed by atoms with E-state index in [1.165, 1.54) is 0 Å². The van der Waals surface area contributed by atoms with E-state index in [0.29, 0.717) is 27.2 Å². The average molecular weight is 396 g/mol. The summed E-state index contributed by atoms with van der Waals surface area (Å²) in [6.45, 7) is 5.32. The normalized spacial score (nSPS) is 13.5. The Morgan fingerprint density at radius 1 is 1.42 bits per heavy atom. The molecule has 0 aliphatic heterocycles. The number of amides is 1. The molecule has 0 saturated heterocycles. The smallest absolute Gasteiger partial charge is 0.255 e. The van der Waals surface area contributed by atoms with E-state index < -0.39 is 5.60 Å². The van der Waals surface area contributed by atoms with Crippen LogP contribution in [-0.4, -0.2) is 36.6 Å². The van der Waals surface area contributed by atoms with Crippen molar-refractivity contribution < 1.29 is 14.3 Å². The van der Waals surface area contributed by atoms with Crippen LogP contribution in [0.3, 0.4) is 0 Å². The third kappa shape index (κ3) is 3.96. The number of carbonyl (C=O) groups is 1. The fourth-order valence-corrected chi connectivity index (χ4v) is 2.90. The highest BCUT2D eigenvalue weighted by Crippen LogP contribution is 2.27. The van der Waals surface area contributed by atoms with Crippen molar-refractivity contribution in [1.29, 1.82) is 0 Å². The highest BCUT2D eigenvalue weighted by molar-refractivity contribution is 9.10. The molecule has 1 unspecified atom stereocenters. The maximum atomic E-state index is 12.6. The number of anilines is 1. The molecule has 0 aliphatic rings. The van der Waals surface area contributed by atoms with Gasteiger partial charge in [-0.05, 0) is 48.8 Å². The fraction of sp³-hybridized carbons (Fsp3) is 0.412. The van der Waals surface area contributed by atoms with Crippen LogP contribution in [0.25, 0.3) is 0 Å². The van der Waals surface area contributed by atoms with Gasteiger partial charge in [-0.25, -0.2) is 4.98 Å². The number of pyridine rings is 1. The van der Waals surface area contributed by atoms with Crippen LogP contribution < -0.4 is 10.2 Å². The third-order valence-corrected chi connectivity index (χ3v) is 4.15. The molecule has 0 aliphatic carbocycles. The van der Waals surface area contributed by atoms with E-state index >= 15 is 0 Å². The monoisotopic (exact) mass is 395 g/mol. The topological polar surface area (TPSA) is 78.6 Å². The standard InChI is InChI=1S/C17H22BrN3O3/c1-10-6-14(11(2)24-10)17(3,23)9-20-16(22)13-7-12(18)8-19-15(13)21(4)5/h6-8,23H,9H2,1-5H3,(H,20,22). The zero-order chi connectivity index (χ0) is 18.1. The number of aliphatic hydroxyl groups is 1. The Morgan fingerprint density at radius 3 is 2.62 bits per heavy atom. The second-order valence-electron chi connectivity index (χ2n) is 6.20. The van der Waals surface area contributed by atoms with Crippen LogP contribution in [0.2, 0.25) is 0 Å². The molecule has 2 N–H and O–H groups in total. The Morgan fingerprint density at radius 2 is 2.08 bits per heavy atom. The first-order valence-electron chi connectivity index (χ1n) is 7.53. The van der Waals surface area contributed by atoms with E-state index in [0.717, 1.165) is 5.76 Å². The van der Waals surface area contributed by atoms with Crippen molar-refractivity contribution in [3.63, 3.8) is 0 Å². The molecule has 1 atom stereocenters. The van der Waals surface area contributed by atoms with Crippen molar-refractivity contribution in [1.82, 2.24) is 10.3 Å². The molecule has 0 spiro atoms. The molecule has 0 radical (unpaired) electrons. The first-order valence-corrected chi connectivity index (χ1v) is 8.32. The second-order valence-corrected chi connectivity index (χ2v) is 7.12. The maximum Gasteiger partial charge on any atom is 0.255 e. The lowest BCUT2D eigenvalue weighted by molar-refractivity contribution is 0.0514. The van der Waals surface area contributed by atoms with E-state index in [1.54, 1.807) is 37.1 Å². The average Bonchev–Trinajstić information content (AvgIpc) is 2.84. The number of hydrogen-bond donors (Lipinski definition) is 2. The molecule has 0 fully saturated rings. The number of hydrogen-bond acceptors (Lipinski definition) is 5. The number of halogens is 1. The van der Waals surface area contributed by atoms with Gasteiger partial charge >= 0.3 is 0 Å². The first-order chi connectivity index (χ1) is 11.1. The number of aryl methyl sites for hydroxylation is 2. The van der Waals surface area contributed by atoms with Crippen LogP contribution >= 0.6 is 15.9 Å². The van der Waals surface area contributed by atoms with E-state index in [-0.39, 0.29) is 12.5 Å². The van der Waals surface area contributed by atoms with Crippen LogP contribution in [0.1, 0.15) is 34.4 Å². The number of carbonyl (C=O) groups excluding carboxylic acids is 1. The lowest BCUT2D eigenvalue weighted by Crippen LogP contribution is -2.39. The van der Waals surface area contributed by atoms with Crippen molar-refractivity contribution in [2.75, 3.05) is 25.5 Å². The Labute approximate surface area is 150 Å². The summed E-state index contributed by atoms with van der Waals surface area (Å²) in [4.78, 5) is 18.6. The predicted molar refractivity (Wildman–Crippen MR) is 96.4 cm³/mol. The number of nitrogens with zero attached hydrogens (tertiary/aromatic N) is 2. The van der Waals surface area contributed by atoms with Crippen molar-refractivity contribution in [3.8, 4) is 0 Å². The zero-order valence-electron chi connectivity index (χ0n) is 14.5. The van der Waals surface area contributed by atoms with Crippen LogP contribution in [0.15, 0.2) is 27.2 Å². The van der Waals surface area contributed by atoms with Crippen LogP contribution in [0.5, 0.6) is 0 Å². The van der Waals surface area contributed by atoms with E-state index in [9.17, 15) is 9.90 Å². The molecular formula is C17H22BrN3O3. The summed E-state index contributed by atoms with van der Waals surface area (Å²) >= 11 is 3.33. The van der Waals surface area contributed by atoms with Gasteiger partial charge in [-0.2, -0.15) is 0 Å². The molecule has 7 heteroatoms. The van der Waals surface area contributed by atoms with Gasteiger partial charge in [0.2, 0.25) is 0 Å². The summed E-state index contributed by atoms with van der Waals surface area (Å²) in [5, 5.41) is 13.5. The van der Waals surface area contributed by atoms with E-state index in [1.807, 2.05) is 21.0 Å². The van der Waals surface area contributed by atoms with Crippen LogP contribution in [0.4, 0.5) is 5.82 Å². The Hall–Kier alpha value is -1.86. The van der Waals surface area contributed by atoms with Crippen LogP contribution in [-0.2, 0) is 5.60 Å². The molecule has 2 rings (SSSR count). The molecule has 2 heterocycles. The SMILES string of the molecule is Cc1cc(C(C)(O)CNC(=O)c2cc(Br)cnc2N(C)C)c(C)o1. The van der Waals surface area contributed by atoms with Crippen molar-refractivity contribution in [2.24, 2.45) is 0 Å². The lowest BCUT2D eigenvalue weighted by atomic mass is 9.96. The Bertz CT molecular complexity index is 754. The summed E-state index contributed by atoms with van der Waals surface area (Å²) in [6, 6.07) is 3.49.